The van der Waals surface area contributed by atoms with E-state index >= 15 is 0 Å². The van der Waals surface area contributed by atoms with Crippen molar-refractivity contribution in [1.29, 1.82) is 0 Å². The first-order valence-electron chi connectivity index (χ1n) is 5.20. The summed E-state index contributed by atoms with van der Waals surface area (Å²) in [4.78, 5) is 3.64. The molecule has 1 rings (SSSR count). The summed E-state index contributed by atoms with van der Waals surface area (Å²) in [6.45, 7) is 3.09. The van der Waals surface area contributed by atoms with Gasteiger partial charge in [-0.25, -0.2) is 18.1 Å². The minimum Gasteiger partial charge on any atom is -0.394 e. The summed E-state index contributed by atoms with van der Waals surface area (Å²) in [5.41, 5.74) is -0.926. The Morgan fingerprint density at radius 2 is 2.22 bits per heavy atom. The number of nitrogens with one attached hydrogen (secondary N) is 1. The molecule has 0 aliphatic heterocycles. The Bertz CT molecular complexity index is 532. The fraction of sp³-hybridized carbons (Fsp3) is 0.500. The van der Waals surface area contributed by atoms with Crippen molar-refractivity contribution in [2.24, 2.45) is 0 Å². The van der Waals surface area contributed by atoms with Crippen LogP contribution in [0.1, 0.15) is 20.3 Å². The molecule has 18 heavy (non-hydrogen) atoms. The van der Waals surface area contributed by atoms with Crippen LogP contribution in [0.5, 0.6) is 0 Å². The quantitative estimate of drug-likeness (QED) is 0.789. The Kier molecular flexibility index (Phi) is 5.13. The van der Waals surface area contributed by atoms with E-state index in [2.05, 4.69) is 25.6 Å². The summed E-state index contributed by atoms with van der Waals surface area (Å²) in [5, 5.41) is 9.13. The molecular weight excluding hydrogens is 344 g/mol. The Morgan fingerprint density at radius 1 is 1.61 bits per heavy atom. The highest BCUT2D eigenvalue weighted by Gasteiger charge is 2.30. The van der Waals surface area contributed by atoms with E-state index in [0.717, 1.165) is 0 Å². The lowest BCUT2D eigenvalue weighted by Gasteiger charge is -2.26. The molecule has 1 aromatic heterocycles. The zero-order valence-electron chi connectivity index (χ0n) is 9.94. The van der Waals surface area contributed by atoms with Crippen molar-refractivity contribution in [3.05, 3.63) is 21.9 Å². The van der Waals surface area contributed by atoms with Gasteiger partial charge < -0.3 is 5.11 Å². The maximum Gasteiger partial charge on any atom is 0.244 e. The van der Waals surface area contributed by atoms with Crippen LogP contribution in [0, 0.1) is 0 Å². The van der Waals surface area contributed by atoms with Crippen molar-refractivity contribution >= 4 is 37.6 Å². The molecule has 0 aliphatic carbocycles. The summed E-state index contributed by atoms with van der Waals surface area (Å²) >= 11 is 8.92. The molecule has 1 unspecified atom stereocenters. The number of aliphatic hydroxyl groups is 1. The Labute approximate surface area is 120 Å². The summed E-state index contributed by atoms with van der Waals surface area (Å²) in [5.74, 6) is 0. The number of halogens is 2. The van der Waals surface area contributed by atoms with E-state index in [4.69, 9.17) is 11.6 Å². The Hall–Kier alpha value is -0.210. The van der Waals surface area contributed by atoms with Gasteiger partial charge in [0.1, 0.15) is 10.0 Å². The number of aromatic nitrogens is 1. The zero-order valence-corrected chi connectivity index (χ0v) is 13.1. The van der Waals surface area contributed by atoms with Crippen LogP contribution in [0.3, 0.4) is 0 Å². The molecule has 0 radical (unpaired) electrons. The molecule has 8 heteroatoms. The fourth-order valence-electron chi connectivity index (χ4n) is 1.19. The molecule has 0 fully saturated rings. The number of pyridine rings is 1. The second-order valence-electron chi connectivity index (χ2n) is 4.12. The van der Waals surface area contributed by atoms with Crippen molar-refractivity contribution in [2.75, 3.05) is 6.61 Å². The lowest BCUT2D eigenvalue weighted by atomic mass is 10.0. The van der Waals surface area contributed by atoms with Gasteiger partial charge in [0.25, 0.3) is 0 Å². The topological polar surface area (TPSA) is 79.3 Å². The number of rotatable bonds is 5. The average Bonchev–Trinajstić information content (AvgIpc) is 2.31. The fourth-order valence-corrected chi connectivity index (χ4v) is 3.60. The van der Waals surface area contributed by atoms with Crippen molar-refractivity contribution in [3.63, 3.8) is 0 Å². The highest BCUT2D eigenvalue weighted by molar-refractivity contribution is 9.10. The first kappa shape index (κ1) is 15.8. The van der Waals surface area contributed by atoms with Crippen LogP contribution >= 0.6 is 27.5 Å². The lowest BCUT2D eigenvalue weighted by molar-refractivity contribution is 0.191. The van der Waals surface area contributed by atoms with Crippen LogP contribution in [0.4, 0.5) is 0 Å². The molecule has 1 atom stereocenters. The van der Waals surface area contributed by atoms with Crippen molar-refractivity contribution < 1.29 is 13.5 Å². The monoisotopic (exact) mass is 356 g/mol. The second-order valence-corrected chi connectivity index (χ2v) is 7.04. The number of aliphatic hydroxyl groups excluding tert-OH is 1. The Morgan fingerprint density at radius 3 is 2.72 bits per heavy atom. The molecule has 1 heterocycles. The minimum absolute atomic E-state index is 0.109. The molecule has 0 saturated carbocycles. The third-order valence-electron chi connectivity index (χ3n) is 2.57. The highest BCUT2D eigenvalue weighted by atomic mass is 79.9. The molecule has 0 bridgehead atoms. The van der Waals surface area contributed by atoms with E-state index < -0.39 is 15.6 Å². The normalized spacial score (nSPS) is 15.4. The van der Waals surface area contributed by atoms with Gasteiger partial charge in [0, 0.05) is 10.7 Å². The summed E-state index contributed by atoms with van der Waals surface area (Å²) in [6, 6.07) is 1.37. The van der Waals surface area contributed by atoms with Gasteiger partial charge in [-0.05, 0) is 35.3 Å². The van der Waals surface area contributed by atoms with Crippen LogP contribution in [0.2, 0.25) is 5.15 Å². The average molecular weight is 358 g/mol. The smallest absolute Gasteiger partial charge is 0.244 e. The van der Waals surface area contributed by atoms with Crippen molar-refractivity contribution in [1.82, 2.24) is 9.71 Å². The van der Waals surface area contributed by atoms with E-state index in [1.54, 1.807) is 13.8 Å². The van der Waals surface area contributed by atoms with E-state index in [-0.39, 0.29) is 16.7 Å². The lowest BCUT2D eigenvalue weighted by Crippen LogP contribution is -2.48. The molecule has 2 N–H and O–H groups in total. The second kappa shape index (κ2) is 5.83. The maximum absolute atomic E-state index is 12.2. The maximum atomic E-state index is 12.2. The molecular formula is C10H14BrClN2O3S. The van der Waals surface area contributed by atoms with Crippen LogP contribution in [0.25, 0.3) is 0 Å². The van der Waals surface area contributed by atoms with Crippen LogP contribution in [-0.4, -0.2) is 30.7 Å². The molecule has 0 spiro atoms. The van der Waals surface area contributed by atoms with Gasteiger partial charge in [-0.15, -0.1) is 0 Å². The summed E-state index contributed by atoms with van der Waals surface area (Å²) in [7, 11) is -3.83. The van der Waals surface area contributed by atoms with E-state index in [1.165, 1.54) is 12.3 Å². The number of hydrogen-bond donors (Lipinski definition) is 2. The number of nitrogens with zero attached hydrogens (tertiary/aromatic N) is 1. The van der Waals surface area contributed by atoms with Crippen molar-refractivity contribution in [2.45, 2.75) is 30.7 Å². The number of hydrogen-bond acceptors (Lipinski definition) is 4. The van der Waals surface area contributed by atoms with Gasteiger partial charge in [0.2, 0.25) is 10.0 Å². The van der Waals surface area contributed by atoms with Gasteiger partial charge in [-0.2, -0.15) is 0 Å². The third kappa shape index (κ3) is 3.64. The standard InChI is InChI=1S/C10H14BrClN2O3S/c1-3-10(2,6-15)14-18(16,17)8-4-7(11)5-13-9(8)12/h4-5,14-15H,3,6H2,1-2H3. The first-order valence-corrected chi connectivity index (χ1v) is 7.85. The minimum atomic E-state index is -3.83. The van der Waals surface area contributed by atoms with E-state index in [9.17, 15) is 13.5 Å². The predicted octanol–water partition coefficient (Wildman–Crippen LogP) is 1.94. The van der Waals surface area contributed by atoms with Gasteiger partial charge in [-0.1, -0.05) is 18.5 Å². The van der Waals surface area contributed by atoms with Gasteiger partial charge >= 0.3 is 0 Å². The summed E-state index contributed by atoms with van der Waals surface area (Å²) < 4.78 is 27.3. The molecule has 0 aliphatic rings. The van der Waals surface area contributed by atoms with Gasteiger partial charge in [0.15, 0.2) is 0 Å². The van der Waals surface area contributed by atoms with Crippen LogP contribution in [0.15, 0.2) is 21.6 Å². The highest BCUT2D eigenvalue weighted by Crippen LogP contribution is 2.24. The summed E-state index contributed by atoms with van der Waals surface area (Å²) in [6.07, 6.45) is 1.86. The van der Waals surface area contributed by atoms with Crippen LogP contribution < -0.4 is 4.72 Å². The van der Waals surface area contributed by atoms with E-state index in [1.807, 2.05) is 0 Å². The molecule has 5 nitrogen and oxygen atoms in total. The Balaban J connectivity index is 3.18. The van der Waals surface area contributed by atoms with Gasteiger partial charge in [-0.3, -0.25) is 0 Å². The van der Waals surface area contributed by atoms with Gasteiger partial charge in [0.05, 0.1) is 12.1 Å². The van der Waals surface area contributed by atoms with E-state index in [0.29, 0.717) is 10.9 Å². The molecule has 0 amide bonds. The van der Waals surface area contributed by atoms with Crippen molar-refractivity contribution in [3.8, 4) is 0 Å². The molecule has 0 saturated heterocycles. The van der Waals surface area contributed by atoms with Crippen LogP contribution in [-0.2, 0) is 10.0 Å². The molecule has 0 aromatic carbocycles. The molecule has 1 aromatic rings. The SMILES string of the molecule is CCC(C)(CO)NS(=O)(=O)c1cc(Br)cnc1Cl. The number of sulfonamides is 1. The largest absolute Gasteiger partial charge is 0.394 e. The predicted molar refractivity (Wildman–Crippen MR) is 73.1 cm³/mol. The first-order chi connectivity index (χ1) is 8.24. The molecule has 102 valence electrons. The third-order valence-corrected chi connectivity index (χ3v) is 5.07. The zero-order chi connectivity index (χ0) is 14.0.